The molecule has 3 heteroatoms. The SMILES string of the molecule is CC1=C/C(=N\N)CC(C)(C)C1=O. The lowest BCUT2D eigenvalue weighted by Gasteiger charge is -2.27. The van der Waals surface area contributed by atoms with E-state index in [2.05, 4.69) is 5.10 Å². The molecule has 0 saturated heterocycles. The van der Waals surface area contributed by atoms with Gasteiger partial charge in [-0.1, -0.05) is 13.8 Å². The lowest BCUT2D eigenvalue weighted by atomic mass is 9.76. The van der Waals surface area contributed by atoms with Crippen LogP contribution in [0, 0.1) is 5.41 Å². The van der Waals surface area contributed by atoms with Gasteiger partial charge in [0.1, 0.15) is 0 Å². The lowest BCUT2D eigenvalue weighted by Crippen LogP contribution is -2.32. The number of nitrogens with zero attached hydrogens (tertiary/aromatic N) is 1. The van der Waals surface area contributed by atoms with Crippen LogP contribution in [0.25, 0.3) is 0 Å². The molecule has 0 bridgehead atoms. The number of ketones is 1. The molecule has 0 aromatic carbocycles. The Morgan fingerprint density at radius 3 is 2.58 bits per heavy atom. The number of hydrogen-bond donors (Lipinski definition) is 1. The van der Waals surface area contributed by atoms with Crippen LogP contribution < -0.4 is 5.84 Å². The number of rotatable bonds is 0. The van der Waals surface area contributed by atoms with Crippen LogP contribution in [-0.4, -0.2) is 11.5 Å². The highest BCUT2D eigenvalue weighted by Crippen LogP contribution is 2.30. The molecule has 0 spiro atoms. The number of carbonyl (C=O) groups is 1. The molecule has 0 amide bonds. The number of allylic oxidation sites excluding steroid dienone is 2. The van der Waals surface area contributed by atoms with Crippen molar-refractivity contribution in [2.45, 2.75) is 27.2 Å². The van der Waals surface area contributed by atoms with E-state index in [4.69, 9.17) is 5.84 Å². The van der Waals surface area contributed by atoms with Gasteiger partial charge in [0.15, 0.2) is 5.78 Å². The van der Waals surface area contributed by atoms with Gasteiger partial charge in [-0.05, 0) is 18.6 Å². The Kier molecular flexibility index (Phi) is 2.04. The standard InChI is InChI=1S/C9H14N2O/c1-6-4-7(11-10)5-9(2,3)8(6)12/h4H,5,10H2,1-3H3/b11-7+. The first-order chi connectivity index (χ1) is 5.47. The van der Waals surface area contributed by atoms with Crippen molar-refractivity contribution < 1.29 is 4.79 Å². The van der Waals surface area contributed by atoms with E-state index >= 15 is 0 Å². The van der Waals surface area contributed by atoms with Gasteiger partial charge in [0, 0.05) is 11.8 Å². The van der Waals surface area contributed by atoms with Gasteiger partial charge in [-0.2, -0.15) is 5.10 Å². The number of Topliss-reactive ketones (excluding diaryl/α,β-unsaturated/α-hetero) is 1. The van der Waals surface area contributed by atoms with E-state index < -0.39 is 0 Å². The highest BCUT2D eigenvalue weighted by molar-refractivity contribution is 6.12. The summed E-state index contributed by atoms with van der Waals surface area (Å²) in [6.45, 7) is 5.63. The van der Waals surface area contributed by atoms with Crippen molar-refractivity contribution in [3.63, 3.8) is 0 Å². The number of nitrogens with two attached hydrogens (primary N) is 1. The number of hydrogen-bond acceptors (Lipinski definition) is 3. The van der Waals surface area contributed by atoms with Crippen LogP contribution in [0.5, 0.6) is 0 Å². The van der Waals surface area contributed by atoms with Crippen molar-refractivity contribution in [1.82, 2.24) is 0 Å². The second kappa shape index (κ2) is 2.73. The van der Waals surface area contributed by atoms with Crippen molar-refractivity contribution in [2.24, 2.45) is 16.4 Å². The van der Waals surface area contributed by atoms with Gasteiger partial charge < -0.3 is 5.84 Å². The maximum atomic E-state index is 11.5. The Morgan fingerprint density at radius 2 is 2.17 bits per heavy atom. The zero-order chi connectivity index (χ0) is 9.35. The van der Waals surface area contributed by atoms with Crippen molar-refractivity contribution in [1.29, 1.82) is 0 Å². The summed E-state index contributed by atoms with van der Waals surface area (Å²) in [5.74, 6) is 5.35. The molecule has 2 N–H and O–H groups in total. The van der Waals surface area contributed by atoms with E-state index in [1.165, 1.54) is 0 Å². The minimum atomic E-state index is -0.336. The minimum Gasteiger partial charge on any atom is -0.323 e. The van der Waals surface area contributed by atoms with Crippen LogP contribution in [0.15, 0.2) is 16.8 Å². The summed E-state index contributed by atoms with van der Waals surface area (Å²) in [5, 5.41) is 3.62. The molecule has 0 aliphatic heterocycles. The van der Waals surface area contributed by atoms with E-state index in [0.29, 0.717) is 6.42 Å². The Labute approximate surface area is 72.3 Å². The van der Waals surface area contributed by atoms with Gasteiger partial charge >= 0.3 is 0 Å². The first-order valence-corrected chi connectivity index (χ1v) is 3.97. The fraction of sp³-hybridized carbons (Fsp3) is 0.556. The summed E-state index contributed by atoms with van der Waals surface area (Å²) in [7, 11) is 0. The quantitative estimate of drug-likeness (QED) is 0.435. The minimum absolute atomic E-state index is 0.190. The fourth-order valence-corrected chi connectivity index (χ4v) is 1.52. The van der Waals surface area contributed by atoms with E-state index in [0.717, 1.165) is 11.3 Å². The molecule has 0 aromatic heterocycles. The van der Waals surface area contributed by atoms with Crippen molar-refractivity contribution in [3.8, 4) is 0 Å². The highest BCUT2D eigenvalue weighted by atomic mass is 16.1. The van der Waals surface area contributed by atoms with E-state index in [1.807, 2.05) is 13.8 Å². The Balaban J connectivity index is 3.08. The largest absolute Gasteiger partial charge is 0.323 e. The third-order valence-corrected chi connectivity index (χ3v) is 2.14. The number of hydrazone groups is 1. The molecule has 0 saturated carbocycles. The maximum Gasteiger partial charge on any atom is 0.164 e. The van der Waals surface area contributed by atoms with Crippen molar-refractivity contribution >= 4 is 11.5 Å². The topological polar surface area (TPSA) is 55.4 Å². The molecule has 1 aliphatic carbocycles. The molecule has 66 valence electrons. The molecule has 1 rings (SSSR count). The first-order valence-electron chi connectivity index (χ1n) is 3.97. The summed E-state index contributed by atoms with van der Waals surface area (Å²) in [4.78, 5) is 11.5. The summed E-state index contributed by atoms with van der Waals surface area (Å²) < 4.78 is 0. The zero-order valence-electron chi connectivity index (χ0n) is 7.72. The van der Waals surface area contributed by atoms with E-state index in [9.17, 15) is 4.79 Å². The lowest BCUT2D eigenvalue weighted by molar-refractivity contribution is -0.123. The Morgan fingerprint density at radius 1 is 1.58 bits per heavy atom. The third kappa shape index (κ3) is 1.40. The molecule has 0 radical (unpaired) electrons. The Hall–Kier alpha value is -1.12. The average Bonchev–Trinajstić information content (AvgIpc) is 1.99. The van der Waals surface area contributed by atoms with Crippen molar-refractivity contribution in [2.75, 3.05) is 0 Å². The Bertz CT molecular complexity index is 274. The normalized spacial score (nSPS) is 25.8. The molecular formula is C9H14N2O. The molecular weight excluding hydrogens is 152 g/mol. The first kappa shape index (κ1) is 8.97. The molecule has 0 unspecified atom stereocenters. The van der Waals surface area contributed by atoms with Crippen molar-refractivity contribution in [3.05, 3.63) is 11.6 Å². The molecule has 0 atom stereocenters. The van der Waals surface area contributed by atoms with Gasteiger partial charge in [-0.25, -0.2) is 0 Å². The smallest absolute Gasteiger partial charge is 0.164 e. The van der Waals surface area contributed by atoms with Gasteiger partial charge in [0.05, 0.1) is 5.71 Å². The van der Waals surface area contributed by atoms with E-state index in [-0.39, 0.29) is 11.2 Å². The number of carbonyl (C=O) groups excluding carboxylic acids is 1. The van der Waals surface area contributed by atoms with Crippen LogP contribution in [0.2, 0.25) is 0 Å². The maximum absolute atomic E-state index is 11.5. The fourth-order valence-electron chi connectivity index (χ4n) is 1.52. The highest BCUT2D eigenvalue weighted by Gasteiger charge is 2.33. The van der Waals surface area contributed by atoms with Gasteiger partial charge in [-0.15, -0.1) is 0 Å². The summed E-state index contributed by atoms with van der Waals surface area (Å²) in [6.07, 6.45) is 2.40. The second-order valence-electron chi connectivity index (χ2n) is 3.84. The zero-order valence-corrected chi connectivity index (χ0v) is 7.72. The summed E-state index contributed by atoms with van der Waals surface area (Å²) in [6, 6.07) is 0. The third-order valence-electron chi connectivity index (χ3n) is 2.14. The second-order valence-corrected chi connectivity index (χ2v) is 3.84. The van der Waals surface area contributed by atoms with Gasteiger partial charge in [-0.3, -0.25) is 4.79 Å². The summed E-state index contributed by atoms with van der Waals surface area (Å²) >= 11 is 0. The van der Waals surface area contributed by atoms with Gasteiger partial charge in [0.25, 0.3) is 0 Å². The predicted octanol–water partition coefficient (Wildman–Crippen LogP) is 1.25. The monoisotopic (exact) mass is 166 g/mol. The molecule has 12 heavy (non-hydrogen) atoms. The molecule has 0 aromatic rings. The van der Waals surface area contributed by atoms with Gasteiger partial charge in [0.2, 0.25) is 0 Å². The van der Waals surface area contributed by atoms with E-state index in [1.54, 1.807) is 13.0 Å². The predicted molar refractivity (Wildman–Crippen MR) is 48.8 cm³/mol. The molecule has 0 heterocycles. The summed E-state index contributed by atoms with van der Waals surface area (Å²) in [5.41, 5.74) is 1.21. The average molecular weight is 166 g/mol. The van der Waals surface area contributed by atoms with Crippen LogP contribution in [0.3, 0.4) is 0 Å². The van der Waals surface area contributed by atoms with Crippen LogP contribution in [0.1, 0.15) is 27.2 Å². The van der Waals surface area contributed by atoms with Crippen LogP contribution in [-0.2, 0) is 4.79 Å². The molecule has 1 aliphatic rings. The van der Waals surface area contributed by atoms with Crippen LogP contribution in [0.4, 0.5) is 0 Å². The molecule has 3 nitrogen and oxygen atoms in total. The molecule has 0 fully saturated rings. The van der Waals surface area contributed by atoms with Crippen LogP contribution >= 0.6 is 0 Å².